The molecule has 1 heterocycles. The van der Waals surface area contributed by atoms with E-state index in [1.54, 1.807) is 24.0 Å². The Kier molecular flexibility index (Phi) is 3.24. The molecule has 0 aliphatic carbocycles. The molecule has 17 heavy (non-hydrogen) atoms. The molecule has 0 fully saturated rings. The number of hydrogen-bond acceptors (Lipinski definition) is 3. The van der Waals surface area contributed by atoms with Crippen molar-refractivity contribution in [1.82, 2.24) is 15.0 Å². The van der Waals surface area contributed by atoms with Crippen molar-refractivity contribution >= 4 is 17.4 Å². The van der Waals surface area contributed by atoms with Gasteiger partial charge in [0.1, 0.15) is 0 Å². The predicted octanol–water partition coefficient (Wildman–Crippen LogP) is 2.20. The lowest BCUT2D eigenvalue weighted by atomic mass is 10.0. The number of ketones is 1. The Morgan fingerprint density at radius 2 is 2.18 bits per heavy atom. The standard InChI is InChI=1S/C12H12ClN3O/c1-8-3-9(5-10(13)4-8)12(17)6-11-7-16(2)15-14-11/h3-5,7H,6H2,1-2H3. The average molecular weight is 250 g/mol. The first-order valence-electron chi connectivity index (χ1n) is 5.20. The van der Waals surface area contributed by atoms with Crippen molar-refractivity contribution in [3.63, 3.8) is 0 Å². The van der Waals surface area contributed by atoms with Crippen LogP contribution in [0.15, 0.2) is 24.4 Å². The van der Waals surface area contributed by atoms with Crippen molar-refractivity contribution < 1.29 is 4.79 Å². The van der Waals surface area contributed by atoms with Crippen LogP contribution < -0.4 is 0 Å². The lowest BCUT2D eigenvalue weighted by Crippen LogP contribution is -2.04. The van der Waals surface area contributed by atoms with Crippen LogP contribution in [0.1, 0.15) is 21.6 Å². The SMILES string of the molecule is Cc1cc(Cl)cc(C(=O)Cc2cn(C)nn2)c1. The van der Waals surface area contributed by atoms with Gasteiger partial charge in [-0.1, -0.05) is 16.8 Å². The maximum atomic E-state index is 12.0. The summed E-state index contributed by atoms with van der Waals surface area (Å²) in [5.41, 5.74) is 2.25. The Morgan fingerprint density at radius 1 is 1.41 bits per heavy atom. The summed E-state index contributed by atoms with van der Waals surface area (Å²) in [6, 6.07) is 5.32. The number of nitrogens with zero attached hydrogens (tertiary/aromatic N) is 3. The normalized spacial score (nSPS) is 10.5. The van der Waals surface area contributed by atoms with Gasteiger partial charge in [-0.05, 0) is 30.7 Å². The largest absolute Gasteiger partial charge is 0.294 e. The highest BCUT2D eigenvalue weighted by atomic mass is 35.5. The Labute approximate surface area is 104 Å². The Balaban J connectivity index is 2.19. The summed E-state index contributed by atoms with van der Waals surface area (Å²) in [7, 11) is 1.77. The first-order chi connectivity index (χ1) is 8.04. The van der Waals surface area contributed by atoms with E-state index in [4.69, 9.17) is 11.6 Å². The number of carbonyl (C=O) groups excluding carboxylic acids is 1. The summed E-state index contributed by atoms with van der Waals surface area (Å²) in [6.07, 6.45) is 1.98. The lowest BCUT2D eigenvalue weighted by molar-refractivity contribution is 0.0992. The number of halogens is 1. The molecule has 0 aliphatic heterocycles. The van der Waals surface area contributed by atoms with Crippen molar-refractivity contribution in [3.8, 4) is 0 Å². The second-order valence-corrected chi connectivity index (χ2v) is 4.44. The summed E-state index contributed by atoms with van der Waals surface area (Å²) in [5, 5.41) is 8.25. The highest BCUT2D eigenvalue weighted by Gasteiger charge is 2.10. The zero-order valence-electron chi connectivity index (χ0n) is 9.64. The quantitative estimate of drug-likeness (QED) is 0.784. The van der Waals surface area contributed by atoms with Gasteiger partial charge in [-0.3, -0.25) is 9.48 Å². The third-order valence-corrected chi connectivity index (χ3v) is 2.57. The molecule has 0 unspecified atom stereocenters. The van der Waals surface area contributed by atoms with Crippen molar-refractivity contribution in [2.75, 3.05) is 0 Å². The van der Waals surface area contributed by atoms with Gasteiger partial charge < -0.3 is 0 Å². The molecule has 0 bridgehead atoms. The maximum Gasteiger partial charge on any atom is 0.169 e. The smallest absolute Gasteiger partial charge is 0.169 e. The van der Waals surface area contributed by atoms with Gasteiger partial charge in [-0.2, -0.15) is 0 Å². The topological polar surface area (TPSA) is 47.8 Å². The van der Waals surface area contributed by atoms with Crippen LogP contribution in [0.4, 0.5) is 0 Å². The highest BCUT2D eigenvalue weighted by Crippen LogP contribution is 2.16. The molecule has 0 saturated carbocycles. The second kappa shape index (κ2) is 4.67. The molecule has 4 nitrogen and oxygen atoms in total. The molecule has 1 aromatic heterocycles. The van der Waals surface area contributed by atoms with Crippen LogP contribution in [0.3, 0.4) is 0 Å². The molecular formula is C12H12ClN3O. The molecular weight excluding hydrogens is 238 g/mol. The Hall–Kier alpha value is -1.68. The minimum absolute atomic E-state index is 0.00361. The van der Waals surface area contributed by atoms with Gasteiger partial charge in [0.15, 0.2) is 5.78 Å². The molecule has 0 aliphatic rings. The van der Waals surface area contributed by atoms with E-state index in [9.17, 15) is 4.79 Å². The van der Waals surface area contributed by atoms with E-state index in [2.05, 4.69) is 10.3 Å². The molecule has 2 rings (SSSR count). The fourth-order valence-corrected chi connectivity index (χ4v) is 1.93. The molecule has 5 heteroatoms. The van der Waals surface area contributed by atoms with Crippen LogP contribution in [-0.4, -0.2) is 20.8 Å². The number of hydrogen-bond donors (Lipinski definition) is 0. The highest BCUT2D eigenvalue weighted by molar-refractivity contribution is 6.31. The first kappa shape index (κ1) is 11.8. The minimum atomic E-state index is -0.00361. The van der Waals surface area contributed by atoms with E-state index in [0.717, 1.165) is 5.56 Å². The van der Waals surface area contributed by atoms with E-state index in [0.29, 0.717) is 16.3 Å². The predicted molar refractivity (Wildman–Crippen MR) is 65.2 cm³/mol. The molecule has 0 N–H and O–H groups in total. The number of aryl methyl sites for hydroxylation is 2. The van der Waals surface area contributed by atoms with Gasteiger partial charge in [0.05, 0.1) is 12.1 Å². The van der Waals surface area contributed by atoms with E-state index in [-0.39, 0.29) is 12.2 Å². The van der Waals surface area contributed by atoms with E-state index >= 15 is 0 Å². The fraction of sp³-hybridized carbons (Fsp3) is 0.250. The van der Waals surface area contributed by atoms with Crippen LogP contribution in [0, 0.1) is 6.92 Å². The minimum Gasteiger partial charge on any atom is -0.294 e. The molecule has 88 valence electrons. The number of benzene rings is 1. The number of rotatable bonds is 3. The summed E-state index contributed by atoms with van der Waals surface area (Å²) >= 11 is 5.92. The van der Waals surface area contributed by atoms with Crippen molar-refractivity contribution in [3.05, 3.63) is 46.2 Å². The van der Waals surface area contributed by atoms with Crippen LogP contribution in [0.5, 0.6) is 0 Å². The molecule has 0 saturated heterocycles. The maximum absolute atomic E-state index is 12.0. The van der Waals surface area contributed by atoms with Crippen LogP contribution >= 0.6 is 11.6 Å². The summed E-state index contributed by atoms with van der Waals surface area (Å²) < 4.78 is 1.58. The fourth-order valence-electron chi connectivity index (χ4n) is 1.64. The van der Waals surface area contributed by atoms with Gasteiger partial charge in [0.25, 0.3) is 0 Å². The molecule has 0 spiro atoms. The Morgan fingerprint density at radius 3 is 2.76 bits per heavy atom. The van der Waals surface area contributed by atoms with Crippen LogP contribution in [-0.2, 0) is 13.5 Å². The van der Waals surface area contributed by atoms with Crippen molar-refractivity contribution in [1.29, 1.82) is 0 Å². The summed E-state index contributed by atoms with van der Waals surface area (Å²) in [5.74, 6) is -0.00361. The van der Waals surface area contributed by atoms with Gasteiger partial charge in [0.2, 0.25) is 0 Å². The van der Waals surface area contributed by atoms with E-state index in [1.807, 2.05) is 19.1 Å². The number of Topliss-reactive ketones (excluding diaryl/α,β-unsaturated/α-hetero) is 1. The van der Waals surface area contributed by atoms with Crippen molar-refractivity contribution in [2.24, 2.45) is 7.05 Å². The van der Waals surface area contributed by atoms with E-state index in [1.165, 1.54) is 0 Å². The van der Waals surface area contributed by atoms with Gasteiger partial charge in [-0.25, -0.2) is 0 Å². The summed E-state index contributed by atoms with van der Waals surface area (Å²) in [6.45, 7) is 1.91. The van der Waals surface area contributed by atoms with Crippen molar-refractivity contribution in [2.45, 2.75) is 13.3 Å². The molecule has 0 atom stereocenters. The van der Waals surface area contributed by atoms with Crippen LogP contribution in [0.2, 0.25) is 5.02 Å². The van der Waals surface area contributed by atoms with E-state index < -0.39 is 0 Å². The third-order valence-electron chi connectivity index (χ3n) is 2.36. The molecule has 0 amide bonds. The van der Waals surface area contributed by atoms with Gasteiger partial charge in [-0.15, -0.1) is 5.10 Å². The monoisotopic (exact) mass is 249 g/mol. The van der Waals surface area contributed by atoms with Gasteiger partial charge in [0, 0.05) is 23.8 Å². The average Bonchev–Trinajstić information content (AvgIpc) is 2.62. The lowest BCUT2D eigenvalue weighted by Gasteiger charge is -2.01. The zero-order valence-corrected chi connectivity index (χ0v) is 10.4. The van der Waals surface area contributed by atoms with Crippen LogP contribution in [0.25, 0.3) is 0 Å². The van der Waals surface area contributed by atoms with Gasteiger partial charge >= 0.3 is 0 Å². The Bertz CT molecular complexity index is 542. The first-order valence-corrected chi connectivity index (χ1v) is 5.58. The molecule has 0 radical (unpaired) electrons. The number of aromatic nitrogens is 3. The summed E-state index contributed by atoms with van der Waals surface area (Å²) in [4.78, 5) is 12.0. The zero-order chi connectivity index (χ0) is 12.4. The third kappa shape index (κ3) is 2.91. The second-order valence-electron chi connectivity index (χ2n) is 4.00. The number of carbonyl (C=O) groups is 1. The molecule has 1 aromatic carbocycles. The molecule has 2 aromatic rings.